The summed E-state index contributed by atoms with van der Waals surface area (Å²) in [4.78, 5) is 12.0. The zero-order valence-electron chi connectivity index (χ0n) is 12.5. The van der Waals surface area contributed by atoms with E-state index in [1.165, 1.54) is 0 Å². The number of piperidine rings is 1. The van der Waals surface area contributed by atoms with Crippen LogP contribution in [-0.2, 0) is 4.79 Å². The van der Waals surface area contributed by atoms with Crippen LogP contribution >= 0.6 is 0 Å². The molecule has 4 nitrogen and oxygen atoms in total. The van der Waals surface area contributed by atoms with Gasteiger partial charge >= 0.3 is 0 Å². The van der Waals surface area contributed by atoms with Gasteiger partial charge in [-0.1, -0.05) is 13.3 Å². The van der Waals surface area contributed by atoms with Crippen LogP contribution in [0.1, 0.15) is 60.3 Å². The largest absolute Gasteiger partial charge is 0.352 e. The first-order chi connectivity index (χ1) is 8.15. The van der Waals surface area contributed by atoms with E-state index >= 15 is 0 Å². The smallest absolute Gasteiger partial charge is 0.237 e. The Morgan fingerprint density at radius 2 is 1.83 bits per heavy atom. The van der Waals surface area contributed by atoms with Gasteiger partial charge in [0.2, 0.25) is 5.91 Å². The lowest BCUT2D eigenvalue weighted by molar-refractivity contribution is -0.123. The highest BCUT2D eigenvalue weighted by molar-refractivity contribution is 5.81. The Bertz CT molecular complexity index is 283. The van der Waals surface area contributed by atoms with Crippen molar-refractivity contribution in [2.24, 2.45) is 5.73 Å². The van der Waals surface area contributed by atoms with Crippen molar-refractivity contribution in [1.82, 2.24) is 10.6 Å². The highest BCUT2D eigenvalue weighted by Crippen LogP contribution is 2.28. The number of hydrogen-bond acceptors (Lipinski definition) is 3. The standard InChI is InChI=1S/C14H29N3O/c1-6-7-11(15)12(18)16-10-8-13(2,3)17-14(4,5)9-10/h10-11,17H,6-9,15H2,1-5H3,(H,16,18). The van der Waals surface area contributed by atoms with Crippen molar-refractivity contribution in [2.75, 3.05) is 0 Å². The average molecular weight is 255 g/mol. The molecule has 1 aliphatic rings. The predicted molar refractivity (Wildman–Crippen MR) is 75.3 cm³/mol. The molecule has 1 saturated heterocycles. The van der Waals surface area contributed by atoms with E-state index in [1.54, 1.807) is 0 Å². The lowest BCUT2D eigenvalue weighted by Crippen LogP contribution is -2.63. The Labute approximate surface area is 111 Å². The van der Waals surface area contributed by atoms with E-state index in [2.05, 4.69) is 38.3 Å². The fraction of sp³-hybridized carbons (Fsp3) is 0.929. The molecule has 1 heterocycles. The summed E-state index contributed by atoms with van der Waals surface area (Å²) in [7, 11) is 0. The monoisotopic (exact) mass is 255 g/mol. The van der Waals surface area contributed by atoms with E-state index in [0.717, 1.165) is 25.7 Å². The number of hydrogen-bond donors (Lipinski definition) is 3. The first-order valence-corrected chi connectivity index (χ1v) is 7.00. The summed E-state index contributed by atoms with van der Waals surface area (Å²) in [5.74, 6) is -0.00431. The van der Waals surface area contributed by atoms with Gasteiger partial charge in [-0.05, 0) is 47.0 Å². The van der Waals surface area contributed by atoms with Gasteiger partial charge in [-0.2, -0.15) is 0 Å². The molecule has 1 fully saturated rings. The fourth-order valence-electron chi connectivity index (χ4n) is 3.17. The molecule has 0 aromatic heterocycles. The number of rotatable bonds is 4. The number of carbonyl (C=O) groups excluding carboxylic acids is 1. The predicted octanol–water partition coefficient (Wildman–Crippen LogP) is 1.54. The quantitative estimate of drug-likeness (QED) is 0.714. The van der Waals surface area contributed by atoms with Crippen LogP contribution in [0.15, 0.2) is 0 Å². The van der Waals surface area contributed by atoms with E-state index in [4.69, 9.17) is 5.73 Å². The second-order valence-electron chi connectivity index (χ2n) is 6.90. The van der Waals surface area contributed by atoms with Crippen molar-refractivity contribution in [3.05, 3.63) is 0 Å². The number of carbonyl (C=O) groups is 1. The normalized spacial score (nSPS) is 24.6. The Balaban J connectivity index is 2.59. The van der Waals surface area contributed by atoms with Crippen molar-refractivity contribution in [3.8, 4) is 0 Å². The summed E-state index contributed by atoms with van der Waals surface area (Å²) in [5, 5.41) is 6.72. The summed E-state index contributed by atoms with van der Waals surface area (Å²) >= 11 is 0. The minimum atomic E-state index is -0.365. The molecular formula is C14H29N3O. The third kappa shape index (κ3) is 4.58. The zero-order chi connectivity index (χ0) is 14.0. The molecule has 0 radical (unpaired) electrons. The van der Waals surface area contributed by atoms with E-state index < -0.39 is 0 Å². The van der Waals surface area contributed by atoms with Gasteiger partial charge in [-0.25, -0.2) is 0 Å². The molecule has 0 spiro atoms. The van der Waals surface area contributed by atoms with Crippen molar-refractivity contribution in [3.63, 3.8) is 0 Å². The molecule has 1 rings (SSSR count). The fourth-order valence-corrected chi connectivity index (χ4v) is 3.17. The van der Waals surface area contributed by atoms with Crippen molar-refractivity contribution in [1.29, 1.82) is 0 Å². The molecule has 106 valence electrons. The zero-order valence-corrected chi connectivity index (χ0v) is 12.5. The Morgan fingerprint density at radius 1 is 1.33 bits per heavy atom. The summed E-state index contributed by atoms with van der Waals surface area (Å²) in [5.41, 5.74) is 5.95. The van der Waals surface area contributed by atoms with Crippen molar-refractivity contribution >= 4 is 5.91 Å². The van der Waals surface area contributed by atoms with Crippen LogP contribution < -0.4 is 16.4 Å². The van der Waals surface area contributed by atoms with Crippen molar-refractivity contribution in [2.45, 2.75) is 83.5 Å². The molecule has 0 saturated carbocycles. The summed E-state index contributed by atoms with van der Waals surface area (Å²) in [6.07, 6.45) is 3.59. The third-order valence-corrected chi connectivity index (χ3v) is 3.47. The molecule has 1 amide bonds. The van der Waals surface area contributed by atoms with Gasteiger partial charge in [-0.3, -0.25) is 4.79 Å². The first-order valence-electron chi connectivity index (χ1n) is 7.00. The SMILES string of the molecule is CCCC(N)C(=O)NC1CC(C)(C)NC(C)(C)C1. The Morgan fingerprint density at radius 3 is 2.28 bits per heavy atom. The van der Waals surface area contributed by atoms with Crippen LogP contribution in [0, 0.1) is 0 Å². The average Bonchev–Trinajstić information content (AvgIpc) is 2.12. The lowest BCUT2D eigenvalue weighted by atomic mass is 9.79. The molecule has 1 aliphatic heterocycles. The van der Waals surface area contributed by atoms with Gasteiger partial charge in [0.15, 0.2) is 0 Å². The van der Waals surface area contributed by atoms with Gasteiger partial charge in [0.25, 0.3) is 0 Å². The van der Waals surface area contributed by atoms with Crippen LogP contribution in [0.4, 0.5) is 0 Å². The number of amides is 1. The number of nitrogens with one attached hydrogen (secondary N) is 2. The number of nitrogens with two attached hydrogens (primary N) is 1. The van der Waals surface area contributed by atoms with Gasteiger partial charge in [0, 0.05) is 17.1 Å². The Kier molecular flexibility index (Phi) is 4.78. The minimum Gasteiger partial charge on any atom is -0.352 e. The maximum atomic E-state index is 12.0. The highest BCUT2D eigenvalue weighted by atomic mass is 16.2. The molecule has 0 aliphatic carbocycles. The summed E-state index contributed by atoms with van der Waals surface area (Å²) in [6, 6.07) is -0.150. The van der Waals surface area contributed by atoms with Crippen LogP contribution in [-0.4, -0.2) is 29.1 Å². The van der Waals surface area contributed by atoms with E-state index in [-0.39, 0.29) is 29.1 Å². The molecule has 0 aromatic rings. The van der Waals surface area contributed by atoms with Gasteiger partial charge in [0.1, 0.15) is 0 Å². The van der Waals surface area contributed by atoms with Gasteiger partial charge in [-0.15, -0.1) is 0 Å². The highest BCUT2D eigenvalue weighted by Gasteiger charge is 2.38. The van der Waals surface area contributed by atoms with Crippen LogP contribution in [0.2, 0.25) is 0 Å². The maximum absolute atomic E-state index is 12.0. The second kappa shape index (κ2) is 5.57. The summed E-state index contributed by atoms with van der Waals surface area (Å²) in [6.45, 7) is 10.8. The molecule has 4 heteroatoms. The molecule has 0 aromatic carbocycles. The molecule has 18 heavy (non-hydrogen) atoms. The Hall–Kier alpha value is -0.610. The second-order valence-corrected chi connectivity index (χ2v) is 6.90. The lowest BCUT2D eigenvalue weighted by Gasteiger charge is -2.46. The van der Waals surface area contributed by atoms with E-state index in [9.17, 15) is 4.79 Å². The molecule has 1 atom stereocenters. The molecule has 4 N–H and O–H groups in total. The van der Waals surface area contributed by atoms with Crippen LogP contribution in [0.5, 0.6) is 0 Å². The van der Waals surface area contributed by atoms with Gasteiger partial charge in [0.05, 0.1) is 6.04 Å². The summed E-state index contributed by atoms with van der Waals surface area (Å²) < 4.78 is 0. The first kappa shape index (κ1) is 15.4. The minimum absolute atomic E-state index is 0.00431. The molecular weight excluding hydrogens is 226 g/mol. The van der Waals surface area contributed by atoms with E-state index in [1.807, 2.05) is 6.92 Å². The maximum Gasteiger partial charge on any atom is 0.237 e. The molecule has 1 unspecified atom stereocenters. The molecule has 0 bridgehead atoms. The topological polar surface area (TPSA) is 67.2 Å². The van der Waals surface area contributed by atoms with Gasteiger partial charge < -0.3 is 16.4 Å². The van der Waals surface area contributed by atoms with Crippen LogP contribution in [0.25, 0.3) is 0 Å². The van der Waals surface area contributed by atoms with E-state index in [0.29, 0.717) is 0 Å². The third-order valence-electron chi connectivity index (χ3n) is 3.47. The van der Waals surface area contributed by atoms with Crippen LogP contribution in [0.3, 0.4) is 0 Å². The van der Waals surface area contributed by atoms with Crippen molar-refractivity contribution < 1.29 is 4.79 Å².